The lowest BCUT2D eigenvalue weighted by molar-refractivity contribution is -0.145. The maximum atomic E-state index is 15.9. The molecule has 9 aromatic rings. The number of phenolic OH excluding ortho intramolecular Hbond substituents is 1. The Kier molecular flexibility index (Phi) is 27.2. The van der Waals surface area contributed by atoms with Gasteiger partial charge in [0.25, 0.3) is 0 Å². The summed E-state index contributed by atoms with van der Waals surface area (Å²) in [6, 6.07) is 27.9. The number of fused-ring (bicyclic) bond motifs is 2. The third-order valence-corrected chi connectivity index (χ3v) is 22.4. The number of halogens is 2. The fourth-order valence-corrected chi connectivity index (χ4v) is 15.4. The van der Waals surface area contributed by atoms with Gasteiger partial charge in [0, 0.05) is 44.8 Å². The summed E-state index contributed by atoms with van der Waals surface area (Å²) in [6.07, 6.45) is 2.18. The first-order valence-corrected chi connectivity index (χ1v) is 40.1. The van der Waals surface area contributed by atoms with Gasteiger partial charge in [-0.3, -0.25) is 43.2 Å². The number of benzene rings is 7. The van der Waals surface area contributed by atoms with Crippen LogP contribution in [-0.2, 0) is 93.4 Å². The van der Waals surface area contributed by atoms with Gasteiger partial charge < -0.3 is 72.0 Å². The van der Waals surface area contributed by atoms with Gasteiger partial charge in [-0.25, -0.2) is 22.9 Å². The molecule has 6 aliphatic rings. The maximum Gasteiger partial charge on any atom is 0.326 e. The SMILES string of the molecule is CN[C@@H](C)C(=O)N[C@H](C(=O)N1CC[C@@H]2[C@H]1C(=O)N[C@@H](Cc1ccc3ccccc3c1)C(=O)C[C@H](C(=O)NCc1cc(F)c(O)c(F)c1)Cc1ccc(cc1)OCc1cn(nn1)[C@@H]1CCN(C(=O)[C@@H](NC(=O)[C@H](C)NC)C(C)(C)C)[C@@H]1C(=O)N[C@@H](Cc1ccc3ccccc3c1)C(=O)N[C@H](C(=O)O)Cc1ccc(cc1)OCc1cn2nn1)C(C)(C)C. The summed E-state index contributed by atoms with van der Waals surface area (Å²) in [7, 11) is 3.20. The second-order valence-electron chi connectivity index (χ2n) is 33.2. The number of rotatable bonds is 16. The van der Waals surface area contributed by atoms with Gasteiger partial charge in [0.2, 0.25) is 47.3 Å². The molecule has 2 aromatic heterocycles. The molecule has 12 atom stereocenters. The van der Waals surface area contributed by atoms with Crippen molar-refractivity contribution >= 4 is 80.6 Å². The molecule has 2 fully saturated rings. The number of phenols is 1. The molecule has 0 aliphatic carbocycles. The van der Waals surface area contributed by atoms with E-state index in [1.807, 2.05) is 78.9 Å². The van der Waals surface area contributed by atoms with Gasteiger partial charge in [-0.05, 0) is 150 Å². The van der Waals surface area contributed by atoms with Crippen LogP contribution >= 0.6 is 0 Å². The fraction of sp³-hybridized carbons (Fsp3) is 0.409. The molecular weight excluding hydrogens is 1540 g/mol. The van der Waals surface area contributed by atoms with E-state index in [9.17, 15) is 38.2 Å². The normalized spacial score (nSPS) is 20.9. The zero-order valence-electron chi connectivity index (χ0n) is 68.6. The smallest absolute Gasteiger partial charge is 0.326 e. The van der Waals surface area contributed by atoms with Crippen molar-refractivity contribution < 1.29 is 76.4 Å². The Balaban J connectivity index is 0.916. The quantitative estimate of drug-likeness (QED) is 0.0487. The molecule has 8 bridgehead atoms. The number of amides is 8. The van der Waals surface area contributed by atoms with Crippen molar-refractivity contribution in [3.8, 4) is 17.2 Å². The number of likely N-dealkylation sites (N-methyl/N-ethyl adjacent to an activating group) is 2. The second-order valence-corrected chi connectivity index (χ2v) is 33.2. The van der Waals surface area contributed by atoms with E-state index < -0.39 is 173 Å². The third-order valence-electron chi connectivity index (χ3n) is 22.4. The number of carbonyl (C=O) groups is 10. The maximum absolute atomic E-state index is 15.9. The zero-order chi connectivity index (χ0) is 86.0. The lowest BCUT2D eigenvalue weighted by atomic mass is 9.85. The number of ketones is 1. The van der Waals surface area contributed by atoms with Crippen molar-refractivity contribution in [2.24, 2.45) is 16.7 Å². The van der Waals surface area contributed by atoms with E-state index >= 15 is 28.8 Å². The first-order valence-electron chi connectivity index (χ1n) is 40.1. The number of Topliss-reactive ketones (excluding diaryl/α,β-unsaturated/α-hetero) is 1. The van der Waals surface area contributed by atoms with Crippen molar-refractivity contribution in [1.82, 2.24) is 82.3 Å². The molecule has 10 N–H and O–H groups in total. The standard InChI is InChI=1S/C88H102F2N16O14/c1-49(91-9)78(109)97-76(87(3,4)5)84(115)103-33-31-70-73(103)82(113)94-67(41-53-19-25-56-15-11-13-17-58(56)36-53)72(107)43-60(80(111)93-44-55-38-65(89)75(108)66(90)39-55)35-51-21-27-63(28-22-51)119-47-62-46-106(102-100-62)71-32-34-104(85(116)77(88(6,7)8)98-79(110)50(2)92-10)74(71)83(114)95-68(42-54-20-26-57-16-12-14-18-59(57)37-54)81(112)96-69(86(117)118)40-52-23-29-64(30-24-52)120-48-61-45-105(70)101-99-61/h11-30,36-39,45-46,49-50,60,67-71,73-74,76-77,91-92,108H,31-35,40-44,47-48H2,1-10H3,(H,93,111)(H,94,113)(H,95,114)(H,96,112)(H,97,109)(H,98,110)(H,117,118)/t49-,50-,60+,67-,68-,69-,70+,71+,73-,74-,76+,77+/m0/s1. The molecule has 8 amide bonds. The van der Waals surface area contributed by atoms with Crippen LogP contribution in [0.1, 0.15) is 126 Å². The highest BCUT2D eigenvalue weighted by Gasteiger charge is 2.51. The molecule has 0 spiro atoms. The summed E-state index contributed by atoms with van der Waals surface area (Å²) >= 11 is 0. The molecule has 32 heteroatoms. The number of aromatic nitrogens is 6. The lowest BCUT2D eigenvalue weighted by Gasteiger charge is -2.37. The molecule has 632 valence electrons. The largest absolute Gasteiger partial charge is 0.503 e. The summed E-state index contributed by atoms with van der Waals surface area (Å²) in [5, 5.41) is 65.0. The van der Waals surface area contributed by atoms with Gasteiger partial charge in [0.15, 0.2) is 23.2 Å². The highest BCUT2D eigenvalue weighted by molar-refractivity contribution is 5.99. The Labute approximate surface area is 692 Å². The van der Waals surface area contributed by atoms with E-state index in [4.69, 9.17) is 9.47 Å². The van der Waals surface area contributed by atoms with Crippen LogP contribution in [0.3, 0.4) is 0 Å². The summed E-state index contributed by atoms with van der Waals surface area (Å²) in [5.74, 6) is -11.7. The van der Waals surface area contributed by atoms with E-state index in [1.54, 1.807) is 136 Å². The van der Waals surface area contributed by atoms with Crippen LogP contribution in [0.4, 0.5) is 8.78 Å². The molecule has 8 heterocycles. The monoisotopic (exact) mass is 1640 g/mol. The number of likely N-dealkylation sites (tertiary alicyclic amines) is 2. The fourth-order valence-electron chi connectivity index (χ4n) is 15.4. The molecule has 15 rings (SSSR count). The minimum Gasteiger partial charge on any atom is -0.503 e. The molecule has 0 radical (unpaired) electrons. The van der Waals surface area contributed by atoms with Gasteiger partial charge in [0.05, 0.1) is 42.6 Å². The first kappa shape index (κ1) is 86.8. The number of ether oxygens (including phenoxy) is 2. The Morgan fingerprint density at radius 1 is 0.542 bits per heavy atom. The van der Waals surface area contributed by atoms with E-state index in [-0.39, 0.29) is 81.8 Å². The number of nitrogens with one attached hydrogen (secondary N) is 8. The van der Waals surface area contributed by atoms with Gasteiger partial charge in [-0.2, -0.15) is 0 Å². The Hall–Kier alpha value is -12.6. The first-order chi connectivity index (χ1) is 57.2. The number of nitrogens with zero attached hydrogens (tertiary/aromatic N) is 8. The number of hydrogen-bond donors (Lipinski definition) is 10. The lowest BCUT2D eigenvalue weighted by Crippen LogP contribution is -2.61. The number of carboxylic acid groups (broad SMARTS) is 1. The van der Waals surface area contributed by atoms with Gasteiger partial charge >= 0.3 is 5.97 Å². The van der Waals surface area contributed by atoms with Crippen LogP contribution < -0.4 is 52.0 Å². The van der Waals surface area contributed by atoms with Crippen LogP contribution in [0.25, 0.3) is 21.5 Å². The van der Waals surface area contributed by atoms with Gasteiger partial charge in [-0.1, -0.05) is 161 Å². The minimum atomic E-state index is -1.56. The average Bonchev–Trinajstić information content (AvgIpc) is 1.61. The van der Waals surface area contributed by atoms with Gasteiger partial charge in [-0.15, -0.1) is 10.2 Å². The minimum absolute atomic E-state index is 0.0300. The van der Waals surface area contributed by atoms with Crippen molar-refractivity contribution in [2.75, 3.05) is 27.2 Å². The van der Waals surface area contributed by atoms with E-state index in [2.05, 4.69) is 63.2 Å². The molecule has 7 aromatic carbocycles. The molecule has 30 nitrogen and oxygen atoms in total. The predicted octanol–water partition coefficient (Wildman–Crippen LogP) is 6.59. The van der Waals surface area contributed by atoms with Crippen molar-refractivity contribution in [3.05, 3.63) is 209 Å². The molecular formula is C88H102F2N16O14. The predicted molar refractivity (Wildman–Crippen MR) is 439 cm³/mol. The Bertz CT molecular complexity index is 5260. The van der Waals surface area contributed by atoms with Crippen molar-refractivity contribution in [3.63, 3.8) is 0 Å². The van der Waals surface area contributed by atoms with E-state index in [1.165, 1.54) is 19.2 Å². The molecule has 2 saturated heterocycles. The topological polar surface area (TPSA) is 394 Å². The van der Waals surface area contributed by atoms with Gasteiger partial charge in [0.1, 0.15) is 72.4 Å². The van der Waals surface area contributed by atoms with Crippen LogP contribution in [0, 0.1) is 28.4 Å². The zero-order valence-corrected chi connectivity index (χ0v) is 68.6. The van der Waals surface area contributed by atoms with Crippen LogP contribution in [0.15, 0.2) is 158 Å². The van der Waals surface area contributed by atoms with Crippen LogP contribution in [-0.4, -0.2) is 191 Å². The highest BCUT2D eigenvalue weighted by atomic mass is 19.1. The number of carbonyl (C=O) groups excluding carboxylic acids is 9. The molecule has 120 heavy (non-hydrogen) atoms. The van der Waals surface area contributed by atoms with E-state index in [0.29, 0.717) is 33.8 Å². The number of carboxylic acids is 1. The Morgan fingerprint density at radius 3 is 1.42 bits per heavy atom. The Morgan fingerprint density at radius 2 is 0.975 bits per heavy atom. The summed E-state index contributed by atoms with van der Waals surface area (Å²) in [4.78, 5) is 151. The summed E-state index contributed by atoms with van der Waals surface area (Å²) in [5.41, 5.74) is 0.848. The molecule has 0 saturated carbocycles. The molecule has 0 unspecified atom stereocenters. The summed E-state index contributed by atoms with van der Waals surface area (Å²) < 4.78 is 45.0. The third kappa shape index (κ3) is 20.9. The van der Waals surface area contributed by atoms with Crippen molar-refractivity contribution in [2.45, 2.75) is 187 Å². The van der Waals surface area contributed by atoms with E-state index in [0.717, 1.165) is 33.7 Å². The van der Waals surface area contributed by atoms with Crippen molar-refractivity contribution in [1.29, 1.82) is 0 Å². The number of aliphatic carboxylic acids is 1. The second kappa shape index (κ2) is 37.6. The summed E-state index contributed by atoms with van der Waals surface area (Å²) in [6.45, 7) is 13.0. The number of hydrogen-bond acceptors (Lipinski definition) is 19. The number of aromatic hydroxyl groups is 1. The van der Waals surface area contributed by atoms with Crippen LogP contribution in [0.2, 0.25) is 0 Å². The van der Waals surface area contributed by atoms with Crippen LogP contribution in [0.5, 0.6) is 17.2 Å². The molecule has 6 aliphatic heterocycles. The average molecular weight is 1650 g/mol. The highest BCUT2D eigenvalue weighted by Crippen LogP contribution is 2.36.